The maximum absolute atomic E-state index is 11.7. The highest BCUT2D eigenvalue weighted by Gasteiger charge is 2.09. The van der Waals surface area contributed by atoms with Crippen molar-refractivity contribution in [2.75, 3.05) is 5.73 Å². The normalized spacial score (nSPS) is 10.9. The van der Waals surface area contributed by atoms with Gasteiger partial charge in [-0.15, -0.1) is 0 Å². The zero-order chi connectivity index (χ0) is 14.0. The smallest absolute Gasteiger partial charge is 0.250 e. The Morgan fingerprint density at radius 3 is 2.63 bits per heavy atom. The fourth-order valence-corrected chi connectivity index (χ4v) is 2.39. The first kappa shape index (κ1) is 13.4. The van der Waals surface area contributed by atoms with Crippen LogP contribution in [0.5, 0.6) is 0 Å². The van der Waals surface area contributed by atoms with Crippen LogP contribution in [0.4, 0.5) is 5.69 Å². The van der Waals surface area contributed by atoms with E-state index in [4.69, 9.17) is 5.73 Å². The van der Waals surface area contributed by atoms with Gasteiger partial charge in [-0.1, -0.05) is 6.92 Å². The molecule has 0 radical (unpaired) electrons. The van der Waals surface area contributed by atoms with E-state index >= 15 is 0 Å². The summed E-state index contributed by atoms with van der Waals surface area (Å²) in [6.07, 6.45) is 2.66. The molecular weight excluding hydrogens is 240 g/mol. The first-order valence-corrected chi connectivity index (χ1v) is 6.51. The highest BCUT2D eigenvalue weighted by atomic mass is 16.1. The third-order valence-corrected chi connectivity index (χ3v) is 3.44. The molecule has 0 spiro atoms. The van der Waals surface area contributed by atoms with Gasteiger partial charge in [0.2, 0.25) is 0 Å². The average molecular weight is 260 g/mol. The standard InChI is InChI=1S/C14H20N4O/c1-4-13-10(2)16-18(11(13)3)8-7-17-9-12(15)5-6-14(17)19/h5-6,9H,4,7-8,15H2,1-3H3. The van der Waals surface area contributed by atoms with E-state index in [1.165, 1.54) is 17.3 Å². The van der Waals surface area contributed by atoms with E-state index in [0.29, 0.717) is 18.8 Å². The molecule has 2 rings (SSSR count). The summed E-state index contributed by atoms with van der Waals surface area (Å²) >= 11 is 0. The van der Waals surface area contributed by atoms with Gasteiger partial charge in [0.1, 0.15) is 0 Å². The molecule has 2 aromatic rings. The lowest BCUT2D eigenvalue weighted by molar-refractivity contribution is 0.512. The van der Waals surface area contributed by atoms with Crippen molar-refractivity contribution in [2.45, 2.75) is 40.3 Å². The van der Waals surface area contributed by atoms with Gasteiger partial charge in [0, 0.05) is 30.2 Å². The number of nitrogen functional groups attached to an aromatic ring is 1. The molecule has 5 heteroatoms. The number of nitrogens with zero attached hydrogens (tertiary/aromatic N) is 3. The highest BCUT2D eigenvalue weighted by molar-refractivity contribution is 5.33. The molecule has 0 bridgehead atoms. The summed E-state index contributed by atoms with van der Waals surface area (Å²) in [6.45, 7) is 7.48. The lowest BCUT2D eigenvalue weighted by atomic mass is 10.1. The highest BCUT2D eigenvalue weighted by Crippen LogP contribution is 2.13. The van der Waals surface area contributed by atoms with E-state index in [2.05, 4.69) is 18.9 Å². The van der Waals surface area contributed by atoms with Crippen molar-refractivity contribution < 1.29 is 0 Å². The van der Waals surface area contributed by atoms with Crippen LogP contribution in [0.3, 0.4) is 0 Å². The summed E-state index contributed by atoms with van der Waals surface area (Å²) in [5, 5.41) is 4.52. The maximum atomic E-state index is 11.7. The zero-order valence-electron chi connectivity index (χ0n) is 11.7. The molecule has 0 aliphatic heterocycles. The van der Waals surface area contributed by atoms with Gasteiger partial charge >= 0.3 is 0 Å². The molecule has 0 amide bonds. The lowest BCUT2D eigenvalue weighted by Gasteiger charge is -2.08. The number of aryl methyl sites for hydroxylation is 3. The number of aromatic nitrogens is 3. The minimum Gasteiger partial charge on any atom is -0.398 e. The Kier molecular flexibility index (Phi) is 3.74. The Morgan fingerprint density at radius 1 is 1.26 bits per heavy atom. The quantitative estimate of drug-likeness (QED) is 0.906. The van der Waals surface area contributed by atoms with Crippen LogP contribution in [0.2, 0.25) is 0 Å². The fourth-order valence-electron chi connectivity index (χ4n) is 2.39. The van der Waals surface area contributed by atoms with Gasteiger partial charge in [0.25, 0.3) is 5.56 Å². The second kappa shape index (κ2) is 5.30. The number of hydrogen-bond donors (Lipinski definition) is 1. The summed E-state index contributed by atoms with van der Waals surface area (Å²) in [4.78, 5) is 11.7. The third kappa shape index (κ3) is 2.70. The van der Waals surface area contributed by atoms with Crippen LogP contribution >= 0.6 is 0 Å². The molecule has 0 aliphatic rings. The van der Waals surface area contributed by atoms with Crippen molar-refractivity contribution in [1.29, 1.82) is 0 Å². The molecule has 0 saturated carbocycles. The predicted molar refractivity (Wildman–Crippen MR) is 76.2 cm³/mol. The largest absolute Gasteiger partial charge is 0.398 e. The summed E-state index contributed by atoms with van der Waals surface area (Å²) in [5.74, 6) is 0. The van der Waals surface area contributed by atoms with Gasteiger partial charge in [-0.3, -0.25) is 9.48 Å². The Balaban J connectivity index is 2.19. The average Bonchev–Trinajstić information content (AvgIpc) is 2.65. The van der Waals surface area contributed by atoms with Crippen molar-refractivity contribution >= 4 is 5.69 Å². The number of anilines is 1. The zero-order valence-corrected chi connectivity index (χ0v) is 11.7. The van der Waals surface area contributed by atoms with Crippen molar-refractivity contribution in [3.63, 3.8) is 0 Å². The Morgan fingerprint density at radius 2 is 2.00 bits per heavy atom. The molecule has 0 unspecified atom stereocenters. The second-order valence-electron chi connectivity index (χ2n) is 4.72. The van der Waals surface area contributed by atoms with Crippen LogP contribution in [0.1, 0.15) is 23.9 Å². The lowest BCUT2D eigenvalue weighted by Crippen LogP contribution is -2.22. The van der Waals surface area contributed by atoms with Crippen LogP contribution < -0.4 is 11.3 Å². The van der Waals surface area contributed by atoms with E-state index in [0.717, 1.165) is 12.1 Å². The Hall–Kier alpha value is -2.04. The molecule has 2 N–H and O–H groups in total. The number of pyridine rings is 1. The first-order valence-electron chi connectivity index (χ1n) is 6.51. The van der Waals surface area contributed by atoms with E-state index in [1.807, 2.05) is 11.6 Å². The summed E-state index contributed by atoms with van der Waals surface area (Å²) in [6, 6.07) is 3.12. The third-order valence-electron chi connectivity index (χ3n) is 3.44. The molecule has 5 nitrogen and oxygen atoms in total. The minimum atomic E-state index is -0.0357. The number of nitrogens with two attached hydrogens (primary N) is 1. The Labute approximate surface area is 112 Å². The topological polar surface area (TPSA) is 65.8 Å². The summed E-state index contributed by atoms with van der Waals surface area (Å²) in [5.41, 5.74) is 9.80. The van der Waals surface area contributed by atoms with Crippen molar-refractivity contribution in [2.24, 2.45) is 0 Å². The Bertz CT molecular complexity index is 639. The van der Waals surface area contributed by atoms with Crippen LogP contribution in [0.15, 0.2) is 23.1 Å². The molecule has 0 fully saturated rings. The van der Waals surface area contributed by atoms with Gasteiger partial charge in [0.05, 0.1) is 12.2 Å². The molecule has 2 aromatic heterocycles. The molecule has 102 valence electrons. The molecule has 0 saturated heterocycles. The molecule has 0 atom stereocenters. The molecule has 2 heterocycles. The monoisotopic (exact) mass is 260 g/mol. The summed E-state index contributed by atoms with van der Waals surface area (Å²) < 4.78 is 3.58. The van der Waals surface area contributed by atoms with Crippen LogP contribution in [0.25, 0.3) is 0 Å². The van der Waals surface area contributed by atoms with E-state index in [1.54, 1.807) is 16.8 Å². The van der Waals surface area contributed by atoms with Crippen molar-refractivity contribution in [1.82, 2.24) is 14.3 Å². The second-order valence-corrected chi connectivity index (χ2v) is 4.72. The number of hydrogen-bond acceptors (Lipinski definition) is 3. The van der Waals surface area contributed by atoms with Crippen LogP contribution in [-0.2, 0) is 19.5 Å². The van der Waals surface area contributed by atoms with Gasteiger partial charge in [-0.25, -0.2) is 0 Å². The van der Waals surface area contributed by atoms with Gasteiger partial charge in [-0.05, 0) is 31.9 Å². The molecular formula is C14H20N4O. The van der Waals surface area contributed by atoms with Gasteiger partial charge in [-0.2, -0.15) is 5.10 Å². The van der Waals surface area contributed by atoms with E-state index < -0.39 is 0 Å². The number of rotatable bonds is 4. The van der Waals surface area contributed by atoms with E-state index in [9.17, 15) is 4.79 Å². The van der Waals surface area contributed by atoms with Crippen molar-refractivity contribution in [3.05, 3.63) is 45.6 Å². The van der Waals surface area contributed by atoms with Gasteiger partial charge < -0.3 is 10.3 Å². The predicted octanol–water partition coefficient (Wildman–Crippen LogP) is 1.51. The fraction of sp³-hybridized carbons (Fsp3) is 0.429. The minimum absolute atomic E-state index is 0.0357. The first-order chi connectivity index (χ1) is 9.02. The van der Waals surface area contributed by atoms with Crippen LogP contribution in [0, 0.1) is 13.8 Å². The van der Waals surface area contributed by atoms with Gasteiger partial charge in [0.15, 0.2) is 0 Å². The maximum Gasteiger partial charge on any atom is 0.250 e. The van der Waals surface area contributed by atoms with E-state index in [-0.39, 0.29) is 5.56 Å². The molecule has 19 heavy (non-hydrogen) atoms. The molecule has 0 aromatic carbocycles. The van der Waals surface area contributed by atoms with Crippen LogP contribution in [-0.4, -0.2) is 14.3 Å². The molecule has 0 aliphatic carbocycles. The van der Waals surface area contributed by atoms with Crippen molar-refractivity contribution in [3.8, 4) is 0 Å². The summed E-state index contributed by atoms with van der Waals surface area (Å²) in [7, 11) is 0. The SMILES string of the molecule is CCc1c(C)nn(CCn2cc(N)ccc2=O)c1C.